The molecular formula is C17H26N2. The largest absolute Gasteiger partial charge is 0.398 e. The van der Waals surface area contributed by atoms with Crippen LogP contribution < -0.4 is 5.73 Å². The van der Waals surface area contributed by atoms with Crippen LogP contribution in [0.2, 0.25) is 0 Å². The van der Waals surface area contributed by atoms with E-state index in [1.807, 2.05) is 6.07 Å². The molecule has 104 valence electrons. The number of nitrogen functional groups attached to an aromatic ring is 1. The number of anilines is 1. The molecule has 0 unspecified atom stereocenters. The van der Waals surface area contributed by atoms with E-state index in [-0.39, 0.29) is 0 Å². The van der Waals surface area contributed by atoms with E-state index in [4.69, 9.17) is 5.73 Å². The van der Waals surface area contributed by atoms with Crippen LogP contribution in [0.4, 0.5) is 5.69 Å². The summed E-state index contributed by atoms with van der Waals surface area (Å²) in [5.41, 5.74) is 10.5. The second-order valence-corrected chi connectivity index (χ2v) is 7.10. The predicted molar refractivity (Wildman–Crippen MR) is 81.0 cm³/mol. The maximum atomic E-state index is 6.15. The molecule has 1 aromatic carbocycles. The number of hydrogen-bond donors (Lipinski definition) is 1. The third kappa shape index (κ3) is 2.64. The molecule has 0 amide bonds. The molecule has 1 aromatic rings. The summed E-state index contributed by atoms with van der Waals surface area (Å²) < 4.78 is 0. The predicted octanol–water partition coefficient (Wildman–Crippen LogP) is 3.60. The van der Waals surface area contributed by atoms with Crippen LogP contribution in [0, 0.1) is 5.41 Å². The summed E-state index contributed by atoms with van der Waals surface area (Å²) in [7, 11) is 0. The lowest BCUT2D eigenvalue weighted by Gasteiger charge is -2.42. The standard InChI is InChI=1S/C17H26N2/c1-17(2)9-6-14(7-10-17)19-11-8-13-4-3-5-16(18)15(13)12-19/h3-5,14H,6-12,18H2,1-2H3. The van der Waals surface area contributed by atoms with E-state index in [2.05, 4.69) is 30.9 Å². The minimum absolute atomic E-state index is 0.559. The monoisotopic (exact) mass is 258 g/mol. The second-order valence-electron chi connectivity index (χ2n) is 7.10. The van der Waals surface area contributed by atoms with Crippen molar-refractivity contribution in [3.63, 3.8) is 0 Å². The van der Waals surface area contributed by atoms with Crippen molar-refractivity contribution >= 4 is 5.69 Å². The molecule has 0 aromatic heterocycles. The molecule has 2 N–H and O–H groups in total. The van der Waals surface area contributed by atoms with Crippen LogP contribution >= 0.6 is 0 Å². The third-order valence-electron chi connectivity index (χ3n) is 5.16. The summed E-state index contributed by atoms with van der Waals surface area (Å²) >= 11 is 0. The lowest BCUT2D eigenvalue weighted by Crippen LogP contribution is -2.42. The topological polar surface area (TPSA) is 29.3 Å². The Bertz CT molecular complexity index is 454. The van der Waals surface area contributed by atoms with Gasteiger partial charge in [0.1, 0.15) is 0 Å². The summed E-state index contributed by atoms with van der Waals surface area (Å²) in [4.78, 5) is 2.67. The SMILES string of the molecule is CC1(C)CCC(N2CCc3cccc(N)c3C2)CC1. The first-order valence-corrected chi connectivity index (χ1v) is 7.65. The van der Waals surface area contributed by atoms with Gasteiger partial charge in [0, 0.05) is 24.8 Å². The van der Waals surface area contributed by atoms with E-state index in [9.17, 15) is 0 Å². The quantitative estimate of drug-likeness (QED) is 0.780. The van der Waals surface area contributed by atoms with E-state index in [1.165, 1.54) is 49.8 Å². The van der Waals surface area contributed by atoms with Gasteiger partial charge in [0.05, 0.1) is 0 Å². The molecule has 2 heteroatoms. The zero-order valence-corrected chi connectivity index (χ0v) is 12.3. The Labute approximate surface area is 117 Å². The van der Waals surface area contributed by atoms with E-state index in [0.717, 1.165) is 18.3 Å². The highest BCUT2D eigenvalue weighted by Gasteiger charge is 2.31. The van der Waals surface area contributed by atoms with E-state index < -0.39 is 0 Å². The summed E-state index contributed by atoms with van der Waals surface area (Å²) in [6, 6.07) is 7.16. The van der Waals surface area contributed by atoms with Crippen LogP contribution in [0.5, 0.6) is 0 Å². The Morgan fingerprint density at radius 1 is 1.21 bits per heavy atom. The van der Waals surface area contributed by atoms with Gasteiger partial charge in [-0.1, -0.05) is 26.0 Å². The number of nitrogens with two attached hydrogens (primary N) is 1. The smallest absolute Gasteiger partial charge is 0.0362 e. The van der Waals surface area contributed by atoms with Crippen molar-refractivity contribution in [1.29, 1.82) is 0 Å². The normalized spacial score (nSPS) is 24.1. The average Bonchev–Trinajstić information content (AvgIpc) is 2.39. The number of rotatable bonds is 1. The van der Waals surface area contributed by atoms with Crippen molar-refractivity contribution in [2.24, 2.45) is 5.41 Å². The van der Waals surface area contributed by atoms with Gasteiger partial charge >= 0.3 is 0 Å². The van der Waals surface area contributed by atoms with Crippen molar-refractivity contribution in [1.82, 2.24) is 4.90 Å². The van der Waals surface area contributed by atoms with Crippen molar-refractivity contribution < 1.29 is 0 Å². The maximum Gasteiger partial charge on any atom is 0.0362 e. The fourth-order valence-electron chi connectivity index (χ4n) is 3.69. The van der Waals surface area contributed by atoms with Crippen molar-refractivity contribution in [3.8, 4) is 0 Å². The minimum atomic E-state index is 0.559. The molecule has 19 heavy (non-hydrogen) atoms. The Balaban J connectivity index is 1.71. The van der Waals surface area contributed by atoms with Crippen molar-refractivity contribution in [2.45, 2.75) is 58.5 Å². The van der Waals surface area contributed by atoms with Crippen molar-refractivity contribution in [2.75, 3.05) is 12.3 Å². The highest BCUT2D eigenvalue weighted by atomic mass is 15.2. The van der Waals surface area contributed by atoms with Crippen molar-refractivity contribution in [3.05, 3.63) is 29.3 Å². The van der Waals surface area contributed by atoms with Gasteiger partial charge in [0.25, 0.3) is 0 Å². The molecule has 0 saturated heterocycles. The molecular weight excluding hydrogens is 232 g/mol. The van der Waals surface area contributed by atoms with Crippen LogP contribution in [0.3, 0.4) is 0 Å². The van der Waals surface area contributed by atoms with Gasteiger partial charge in [-0.25, -0.2) is 0 Å². The molecule has 1 fully saturated rings. The molecule has 0 radical (unpaired) electrons. The minimum Gasteiger partial charge on any atom is -0.398 e. The van der Waals surface area contributed by atoms with E-state index in [0.29, 0.717) is 5.41 Å². The Morgan fingerprint density at radius 2 is 1.95 bits per heavy atom. The fraction of sp³-hybridized carbons (Fsp3) is 0.647. The first kappa shape index (κ1) is 13.0. The number of benzene rings is 1. The Hall–Kier alpha value is -1.02. The molecule has 2 nitrogen and oxygen atoms in total. The van der Waals surface area contributed by atoms with Gasteiger partial charge in [-0.3, -0.25) is 4.90 Å². The number of fused-ring (bicyclic) bond motifs is 1. The van der Waals surface area contributed by atoms with Gasteiger partial charge in [0.15, 0.2) is 0 Å². The molecule has 1 heterocycles. The first-order valence-electron chi connectivity index (χ1n) is 7.65. The molecule has 1 aliphatic carbocycles. The molecule has 3 rings (SSSR count). The summed E-state index contributed by atoms with van der Waals surface area (Å²) in [6.45, 7) is 7.09. The lowest BCUT2D eigenvalue weighted by molar-refractivity contribution is 0.0968. The number of nitrogens with zero attached hydrogens (tertiary/aromatic N) is 1. The highest BCUT2D eigenvalue weighted by Crippen LogP contribution is 2.38. The van der Waals surface area contributed by atoms with E-state index in [1.54, 1.807) is 0 Å². The van der Waals surface area contributed by atoms with Crippen LogP contribution in [-0.4, -0.2) is 17.5 Å². The van der Waals surface area contributed by atoms with Crippen LogP contribution in [0.15, 0.2) is 18.2 Å². The summed E-state index contributed by atoms with van der Waals surface area (Å²) in [5.74, 6) is 0. The van der Waals surface area contributed by atoms with Gasteiger partial charge in [-0.2, -0.15) is 0 Å². The second kappa shape index (κ2) is 4.82. The molecule has 2 aliphatic rings. The molecule has 0 spiro atoms. The van der Waals surface area contributed by atoms with Crippen LogP contribution in [0.25, 0.3) is 0 Å². The Morgan fingerprint density at radius 3 is 2.68 bits per heavy atom. The zero-order valence-electron chi connectivity index (χ0n) is 12.3. The molecule has 1 aliphatic heterocycles. The van der Waals surface area contributed by atoms with E-state index >= 15 is 0 Å². The summed E-state index contributed by atoms with van der Waals surface area (Å²) in [5, 5.41) is 0. The van der Waals surface area contributed by atoms with Gasteiger partial charge in [-0.05, 0) is 54.7 Å². The fourth-order valence-corrected chi connectivity index (χ4v) is 3.69. The number of hydrogen-bond acceptors (Lipinski definition) is 2. The first-order chi connectivity index (χ1) is 9.05. The lowest BCUT2D eigenvalue weighted by atomic mass is 9.75. The van der Waals surface area contributed by atoms with Gasteiger partial charge in [-0.15, -0.1) is 0 Å². The van der Waals surface area contributed by atoms with Gasteiger partial charge < -0.3 is 5.73 Å². The maximum absolute atomic E-state index is 6.15. The van der Waals surface area contributed by atoms with Gasteiger partial charge in [0.2, 0.25) is 0 Å². The van der Waals surface area contributed by atoms with Crippen LogP contribution in [0.1, 0.15) is 50.7 Å². The molecule has 0 atom stereocenters. The molecule has 1 saturated carbocycles. The molecule has 0 bridgehead atoms. The third-order valence-corrected chi connectivity index (χ3v) is 5.16. The van der Waals surface area contributed by atoms with Crippen LogP contribution in [-0.2, 0) is 13.0 Å². The zero-order chi connectivity index (χ0) is 13.5. The highest BCUT2D eigenvalue weighted by molar-refractivity contribution is 5.51. The average molecular weight is 258 g/mol. The summed E-state index contributed by atoms with van der Waals surface area (Å²) in [6.07, 6.45) is 6.61. The Kier molecular flexibility index (Phi) is 3.30.